The number of nitrogens with zero attached hydrogens (tertiary/aromatic N) is 3. The van der Waals surface area contributed by atoms with Gasteiger partial charge in [0.25, 0.3) is 11.4 Å². The first-order chi connectivity index (χ1) is 14.5. The highest BCUT2D eigenvalue weighted by Crippen LogP contribution is 2.25. The van der Waals surface area contributed by atoms with Crippen LogP contribution >= 0.6 is 24.4 Å². The summed E-state index contributed by atoms with van der Waals surface area (Å²) in [6.07, 6.45) is 0.250. The van der Waals surface area contributed by atoms with Gasteiger partial charge in [-0.2, -0.15) is 5.26 Å². The van der Waals surface area contributed by atoms with Gasteiger partial charge in [-0.15, -0.1) is 12.6 Å². The zero-order chi connectivity index (χ0) is 24.1. The Labute approximate surface area is 188 Å². The van der Waals surface area contributed by atoms with E-state index in [1.807, 2.05) is 0 Å². The Morgan fingerprint density at radius 2 is 1.44 bits per heavy atom. The van der Waals surface area contributed by atoms with Crippen molar-refractivity contribution in [2.24, 2.45) is 5.73 Å². The summed E-state index contributed by atoms with van der Waals surface area (Å²) in [7, 11) is 0. The van der Waals surface area contributed by atoms with Crippen LogP contribution < -0.4 is 5.73 Å². The molecule has 32 heavy (non-hydrogen) atoms. The maximum Gasteiger partial charge on any atom is 0.342 e. The van der Waals surface area contributed by atoms with E-state index in [9.17, 15) is 29.8 Å². The zero-order valence-electron chi connectivity index (χ0n) is 15.6. The van der Waals surface area contributed by atoms with Crippen LogP contribution in [0.4, 0.5) is 11.4 Å². The molecule has 2 aromatic carbocycles. The molecule has 0 aromatic heterocycles. The van der Waals surface area contributed by atoms with E-state index in [2.05, 4.69) is 18.4 Å². The highest BCUT2D eigenvalue weighted by molar-refractivity contribution is 8.03. The first-order valence-corrected chi connectivity index (χ1v) is 8.70. The highest BCUT2D eigenvalue weighted by Gasteiger charge is 2.20. The number of primary amides is 1. The number of nitro groups is 2. The SMILES string of the molecule is N#CSc1ccc([N+](=O)[O-])c(C(=O)O)c1.NC=O.O.O=C(O)c1cc(S)ccc1[N+](=O)[O-]. The molecule has 0 aliphatic carbocycles. The predicted octanol–water partition coefficient (Wildman–Crippen LogP) is 1.72. The van der Waals surface area contributed by atoms with Gasteiger partial charge in [-0.3, -0.25) is 25.0 Å². The minimum Gasteiger partial charge on any atom is -0.477 e. The molecule has 0 radical (unpaired) electrons. The average molecular weight is 486 g/mol. The number of rotatable bonds is 5. The van der Waals surface area contributed by atoms with E-state index in [4.69, 9.17) is 20.3 Å². The predicted molar refractivity (Wildman–Crippen MR) is 113 cm³/mol. The maximum atomic E-state index is 10.7. The summed E-state index contributed by atoms with van der Waals surface area (Å²) >= 11 is 4.63. The van der Waals surface area contributed by atoms with Gasteiger partial charge in [0.2, 0.25) is 6.41 Å². The molecular weight excluding hydrogens is 472 g/mol. The van der Waals surface area contributed by atoms with Crippen molar-refractivity contribution >= 4 is 54.1 Å². The quantitative estimate of drug-likeness (QED) is 0.118. The molecule has 6 N–H and O–H groups in total. The van der Waals surface area contributed by atoms with Crippen LogP contribution in [0.15, 0.2) is 46.2 Å². The number of thiocyanates is 1. The molecule has 2 aromatic rings. The number of nitrogens with two attached hydrogens (primary N) is 1. The molecule has 0 fully saturated rings. The number of hydrogen-bond acceptors (Lipinski definition) is 10. The molecule has 0 bridgehead atoms. The van der Waals surface area contributed by atoms with Crippen LogP contribution in [0.25, 0.3) is 0 Å². The fourth-order valence-electron chi connectivity index (χ4n) is 1.82. The number of carboxylic acids is 2. The molecule has 0 aliphatic heterocycles. The van der Waals surface area contributed by atoms with Crippen molar-refractivity contribution in [2.75, 3.05) is 0 Å². The number of nitro benzene ring substituents is 2. The number of thioether (sulfide) groups is 1. The number of aromatic carboxylic acids is 2. The van der Waals surface area contributed by atoms with Crippen molar-refractivity contribution in [3.63, 3.8) is 0 Å². The minimum absolute atomic E-state index is 0. The van der Waals surface area contributed by atoms with Gasteiger partial charge < -0.3 is 21.4 Å². The van der Waals surface area contributed by atoms with Gasteiger partial charge >= 0.3 is 11.9 Å². The lowest BCUT2D eigenvalue weighted by atomic mass is 10.2. The number of thiol groups is 1. The molecule has 1 amide bonds. The fourth-order valence-corrected chi connectivity index (χ4v) is 2.44. The Hall–Kier alpha value is -4.20. The van der Waals surface area contributed by atoms with Crippen molar-refractivity contribution in [2.45, 2.75) is 9.79 Å². The van der Waals surface area contributed by atoms with Gasteiger partial charge in [0.05, 0.1) is 9.85 Å². The van der Waals surface area contributed by atoms with Gasteiger partial charge in [-0.25, -0.2) is 9.59 Å². The first-order valence-electron chi connectivity index (χ1n) is 7.43. The van der Waals surface area contributed by atoms with Gasteiger partial charge in [0.1, 0.15) is 16.5 Å². The summed E-state index contributed by atoms with van der Waals surface area (Å²) in [6.45, 7) is 0. The molecule has 16 heteroatoms. The van der Waals surface area contributed by atoms with Crippen molar-refractivity contribution < 1.29 is 39.9 Å². The van der Waals surface area contributed by atoms with E-state index in [1.165, 1.54) is 12.1 Å². The van der Waals surface area contributed by atoms with Crippen LogP contribution in [0.2, 0.25) is 0 Å². The topological polar surface area (TPSA) is 259 Å². The molecule has 170 valence electrons. The van der Waals surface area contributed by atoms with Crippen LogP contribution in [-0.2, 0) is 4.79 Å². The normalized spacial score (nSPS) is 8.62. The standard InChI is InChI=1S/C8H4N2O4S.C7H5NO4S.CH3NO.H2O/c9-4-15-5-1-2-7(10(13)14)6(3-5)8(11)12;9-7(10)5-3-4(13)1-2-6(5)8(11)12;2-1-3;/h1-3H,(H,11,12);1-3,13H,(H,9,10);1H,(H2,2,3);1H2. The molecule has 0 aliphatic rings. The minimum atomic E-state index is -1.39. The lowest BCUT2D eigenvalue weighted by Gasteiger charge is -1.99. The monoisotopic (exact) mass is 486 g/mol. The summed E-state index contributed by atoms with van der Waals surface area (Å²) in [5.74, 6) is -2.72. The lowest BCUT2D eigenvalue weighted by Crippen LogP contribution is -2.02. The van der Waals surface area contributed by atoms with Crippen molar-refractivity contribution in [3.8, 4) is 5.40 Å². The van der Waals surface area contributed by atoms with Crippen LogP contribution in [0.3, 0.4) is 0 Å². The number of carboxylic acid groups (broad SMARTS) is 2. The molecular formula is C16H14N4O10S2. The Bertz CT molecular complexity index is 1060. The van der Waals surface area contributed by atoms with E-state index in [-0.39, 0.29) is 17.4 Å². The smallest absolute Gasteiger partial charge is 0.342 e. The second-order valence-corrected chi connectivity index (χ2v) is 6.21. The third-order valence-electron chi connectivity index (χ3n) is 2.97. The molecule has 14 nitrogen and oxygen atoms in total. The molecule has 0 atom stereocenters. The first kappa shape index (κ1) is 30.0. The van der Waals surface area contributed by atoms with Crippen LogP contribution in [-0.4, -0.2) is 43.9 Å². The summed E-state index contributed by atoms with van der Waals surface area (Å²) in [5, 5.41) is 48.2. The Morgan fingerprint density at radius 1 is 1.03 bits per heavy atom. The molecule has 0 saturated heterocycles. The third kappa shape index (κ3) is 9.53. The van der Waals surface area contributed by atoms with Crippen molar-refractivity contribution in [3.05, 3.63) is 67.8 Å². The molecule has 0 saturated carbocycles. The van der Waals surface area contributed by atoms with E-state index < -0.39 is 38.7 Å². The summed E-state index contributed by atoms with van der Waals surface area (Å²) < 4.78 is 0. The van der Waals surface area contributed by atoms with Gasteiger partial charge in [-0.05, 0) is 36.0 Å². The van der Waals surface area contributed by atoms with E-state index in [0.29, 0.717) is 9.79 Å². The summed E-state index contributed by atoms with van der Waals surface area (Å²) in [4.78, 5) is 49.9. The van der Waals surface area contributed by atoms with Gasteiger partial charge in [-0.1, -0.05) is 0 Å². The molecule has 0 heterocycles. The van der Waals surface area contributed by atoms with E-state index >= 15 is 0 Å². The Morgan fingerprint density at radius 3 is 1.81 bits per heavy atom. The Kier molecular flexibility index (Phi) is 13.8. The summed E-state index contributed by atoms with van der Waals surface area (Å²) in [6, 6.07) is 7.14. The fraction of sp³-hybridized carbons (Fsp3) is 0. The van der Waals surface area contributed by atoms with E-state index in [1.54, 1.807) is 5.40 Å². The number of nitriles is 1. The third-order valence-corrected chi connectivity index (χ3v) is 3.82. The second kappa shape index (κ2) is 14.7. The summed E-state index contributed by atoms with van der Waals surface area (Å²) in [5.41, 5.74) is 2.49. The van der Waals surface area contributed by atoms with Crippen LogP contribution in [0, 0.1) is 30.9 Å². The van der Waals surface area contributed by atoms with Gasteiger partial charge in [0.15, 0.2) is 0 Å². The van der Waals surface area contributed by atoms with Crippen LogP contribution in [0.5, 0.6) is 0 Å². The molecule has 2 rings (SSSR count). The number of carbonyl (C=O) groups excluding carboxylic acids is 1. The number of carbonyl (C=O) groups is 3. The van der Waals surface area contributed by atoms with Crippen LogP contribution in [0.1, 0.15) is 20.7 Å². The number of hydrogen-bond donors (Lipinski definition) is 4. The van der Waals surface area contributed by atoms with Crippen molar-refractivity contribution in [1.29, 1.82) is 5.26 Å². The molecule has 0 spiro atoms. The lowest BCUT2D eigenvalue weighted by molar-refractivity contribution is -0.385. The number of amides is 1. The van der Waals surface area contributed by atoms with Gasteiger partial charge in [0, 0.05) is 21.9 Å². The second-order valence-electron chi connectivity index (χ2n) is 4.83. The number of benzene rings is 2. The Balaban J connectivity index is 0. The molecule has 0 unspecified atom stereocenters. The highest BCUT2D eigenvalue weighted by atomic mass is 32.2. The zero-order valence-corrected chi connectivity index (χ0v) is 17.3. The van der Waals surface area contributed by atoms with Crippen molar-refractivity contribution in [1.82, 2.24) is 0 Å². The maximum absolute atomic E-state index is 10.7. The van der Waals surface area contributed by atoms with E-state index in [0.717, 1.165) is 36.0 Å². The average Bonchev–Trinajstić information content (AvgIpc) is 2.68. The largest absolute Gasteiger partial charge is 0.477 e.